The van der Waals surface area contributed by atoms with Crippen molar-refractivity contribution in [1.29, 1.82) is 0 Å². The first-order valence-corrected chi connectivity index (χ1v) is 6.37. The Morgan fingerprint density at radius 2 is 2.00 bits per heavy atom. The van der Waals surface area contributed by atoms with Gasteiger partial charge in [0.15, 0.2) is 0 Å². The van der Waals surface area contributed by atoms with Gasteiger partial charge in [-0.1, -0.05) is 47.0 Å². The quantitative estimate of drug-likeness (QED) is 0.795. The van der Waals surface area contributed by atoms with Crippen LogP contribution in [0.25, 0.3) is 6.08 Å². The molecule has 0 amide bonds. The average molecular weight is 256 g/mol. The van der Waals surface area contributed by atoms with E-state index in [9.17, 15) is 0 Å². The molecule has 1 nitrogen and oxygen atoms in total. The van der Waals surface area contributed by atoms with Crippen molar-refractivity contribution in [3.8, 4) is 0 Å². The van der Waals surface area contributed by atoms with Crippen molar-refractivity contribution in [3.63, 3.8) is 0 Å². The van der Waals surface area contributed by atoms with Crippen LogP contribution in [0.5, 0.6) is 0 Å². The monoisotopic (exact) mass is 255 g/mol. The second-order valence-corrected chi connectivity index (χ2v) is 4.83. The topological polar surface area (TPSA) is 12.0 Å². The number of benzene rings is 1. The third-order valence-corrected chi connectivity index (χ3v) is 3.65. The summed E-state index contributed by atoms with van der Waals surface area (Å²) in [5, 5.41) is 4.68. The van der Waals surface area contributed by atoms with E-state index in [4.69, 9.17) is 23.2 Å². The molecular formula is C13H15Cl2N. The molecule has 2 rings (SSSR count). The average Bonchev–Trinajstić information content (AvgIpc) is 2.53. The van der Waals surface area contributed by atoms with Gasteiger partial charge in [-0.3, -0.25) is 0 Å². The van der Waals surface area contributed by atoms with Gasteiger partial charge in [0.1, 0.15) is 0 Å². The molecule has 1 aliphatic heterocycles. The van der Waals surface area contributed by atoms with E-state index in [1.54, 1.807) is 0 Å². The van der Waals surface area contributed by atoms with Gasteiger partial charge in [0.25, 0.3) is 0 Å². The molecule has 0 unspecified atom stereocenters. The van der Waals surface area contributed by atoms with Crippen molar-refractivity contribution in [2.75, 3.05) is 13.1 Å². The minimum absolute atomic E-state index is 0.628. The lowest BCUT2D eigenvalue weighted by atomic mass is 10.0. The van der Waals surface area contributed by atoms with Gasteiger partial charge in [0.05, 0.1) is 10.0 Å². The molecule has 1 aromatic rings. The molecule has 1 saturated heterocycles. The van der Waals surface area contributed by atoms with Crippen LogP contribution in [0.15, 0.2) is 23.8 Å². The van der Waals surface area contributed by atoms with Crippen molar-refractivity contribution in [2.45, 2.75) is 19.3 Å². The molecule has 1 aliphatic rings. The highest BCUT2D eigenvalue weighted by atomic mass is 35.5. The van der Waals surface area contributed by atoms with Crippen molar-refractivity contribution < 1.29 is 0 Å². The van der Waals surface area contributed by atoms with Crippen LogP contribution in [-0.4, -0.2) is 13.1 Å². The maximum absolute atomic E-state index is 6.16. The Kier molecular flexibility index (Phi) is 4.28. The maximum Gasteiger partial charge on any atom is 0.0664 e. The molecule has 3 heteroatoms. The van der Waals surface area contributed by atoms with Gasteiger partial charge >= 0.3 is 0 Å². The molecule has 1 aromatic carbocycles. The Balaban J connectivity index is 2.23. The molecule has 0 saturated carbocycles. The van der Waals surface area contributed by atoms with Crippen LogP contribution in [0.2, 0.25) is 10.0 Å². The van der Waals surface area contributed by atoms with Crippen molar-refractivity contribution in [3.05, 3.63) is 39.4 Å². The third kappa shape index (κ3) is 3.00. The van der Waals surface area contributed by atoms with E-state index in [1.165, 1.54) is 12.0 Å². The summed E-state index contributed by atoms with van der Waals surface area (Å²) >= 11 is 12.2. The Bertz CT molecular complexity index is 389. The number of hydrogen-bond donors (Lipinski definition) is 1. The van der Waals surface area contributed by atoms with Crippen LogP contribution < -0.4 is 5.32 Å². The van der Waals surface area contributed by atoms with Crippen molar-refractivity contribution in [2.24, 2.45) is 0 Å². The van der Waals surface area contributed by atoms with E-state index in [-0.39, 0.29) is 0 Å². The lowest BCUT2D eigenvalue weighted by molar-refractivity contribution is 0.703. The molecule has 1 fully saturated rings. The number of nitrogens with one attached hydrogen (secondary N) is 1. The summed E-state index contributed by atoms with van der Waals surface area (Å²) in [7, 11) is 0. The second-order valence-electron chi connectivity index (χ2n) is 4.05. The molecule has 0 aromatic heterocycles. The molecule has 0 spiro atoms. The highest BCUT2D eigenvalue weighted by molar-refractivity contribution is 6.42. The molecule has 0 atom stereocenters. The zero-order valence-corrected chi connectivity index (χ0v) is 10.6. The fraction of sp³-hybridized carbons (Fsp3) is 0.385. The number of rotatable bonds is 1. The fourth-order valence-electron chi connectivity index (χ4n) is 1.94. The molecule has 0 bridgehead atoms. The van der Waals surface area contributed by atoms with Crippen molar-refractivity contribution >= 4 is 29.3 Å². The van der Waals surface area contributed by atoms with E-state index in [2.05, 4.69) is 11.4 Å². The zero-order valence-electron chi connectivity index (χ0n) is 9.10. The lowest BCUT2D eigenvalue weighted by Crippen LogP contribution is -2.13. The number of hydrogen-bond acceptors (Lipinski definition) is 1. The summed E-state index contributed by atoms with van der Waals surface area (Å²) in [6, 6.07) is 5.77. The largest absolute Gasteiger partial charge is 0.316 e. The van der Waals surface area contributed by atoms with Gasteiger partial charge in [-0.25, -0.2) is 0 Å². The summed E-state index contributed by atoms with van der Waals surface area (Å²) in [6.45, 7) is 2.17. The first-order valence-electron chi connectivity index (χ1n) is 5.61. The molecule has 1 N–H and O–H groups in total. The van der Waals surface area contributed by atoms with Crippen molar-refractivity contribution in [1.82, 2.24) is 5.32 Å². The normalized spacial score (nSPS) is 19.8. The van der Waals surface area contributed by atoms with E-state index in [1.807, 2.05) is 18.2 Å². The van der Waals surface area contributed by atoms with Crippen LogP contribution in [0.4, 0.5) is 0 Å². The van der Waals surface area contributed by atoms with Gasteiger partial charge in [0.2, 0.25) is 0 Å². The highest BCUT2D eigenvalue weighted by Gasteiger charge is 2.06. The second kappa shape index (κ2) is 5.72. The van der Waals surface area contributed by atoms with Crippen LogP contribution in [-0.2, 0) is 0 Å². The summed E-state index contributed by atoms with van der Waals surface area (Å²) in [6.07, 6.45) is 5.63. The van der Waals surface area contributed by atoms with Gasteiger partial charge < -0.3 is 5.32 Å². The molecular weight excluding hydrogens is 241 g/mol. The Hall–Kier alpha value is -0.500. The maximum atomic E-state index is 6.16. The van der Waals surface area contributed by atoms with E-state index < -0.39 is 0 Å². The molecule has 86 valence electrons. The predicted octanol–water partition coefficient (Wildman–Crippen LogP) is 4.15. The molecule has 0 radical (unpaired) electrons. The molecule has 16 heavy (non-hydrogen) atoms. The van der Waals surface area contributed by atoms with Gasteiger partial charge in [0, 0.05) is 0 Å². The van der Waals surface area contributed by atoms with Crippen LogP contribution in [0.1, 0.15) is 24.8 Å². The summed E-state index contributed by atoms with van der Waals surface area (Å²) in [5.74, 6) is 0. The summed E-state index contributed by atoms with van der Waals surface area (Å²) in [4.78, 5) is 0. The SMILES string of the molecule is Clc1cccc(/C=C2/CCCNCC2)c1Cl. The highest BCUT2D eigenvalue weighted by Crippen LogP contribution is 2.28. The Morgan fingerprint density at radius 3 is 2.88 bits per heavy atom. The first kappa shape index (κ1) is 12.0. The number of halogens is 2. The van der Waals surface area contributed by atoms with Crippen LogP contribution in [0, 0.1) is 0 Å². The van der Waals surface area contributed by atoms with Crippen LogP contribution >= 0.6 is 23.2 Å². The smallest absolute Gasteiger partial charge is 0.0664 e. The molecule has 1 heterocycles. The Morgan fingerprint density at radius 1 is 1.12 bits per heavy atom. The third-order valence-electron chi connectivity index (χ3n) is 2.82. The fourth-order valence-corrected chi connectivity index (χ4v) is 2.30. The van der Waals surface area contributed by atoms with Gasteiger partial charge in [-0.15, -0.1) is 0 Å². The van der Waals surface area contributed by atoms with E-state index >= 15 is 0 Å². The molecule has 0 aliphatic carbocycles. The van der Waals surface area contributed by atoms with Gasteiger partial charge in [-0.05, 0) is 44.0 Å². The predicted molar refractivity (Wildman–Crippen MR) is 71.2 cm³/mol. The summed E-state index contributed by atoms with van der Waals surface area (Å²) in [5.41, 5.74) is 2.49. The van der Waals surface area contributed by atoms with E-state index in [0.717, 1.165) is 31.5 Å². The lowest BCUT2D eigenvalue weighted by Gasteiger charge is -2.05. The Labute approximate surface area is 106 Å². The minimum Gasteiger partial charge on any atom is -0.316 e. The standard InChI is InChI=1S/C13H15Cl2N/c14-12-5-1-4-11(13(12)15)9-10-3-2-7-16-8-6-10/h1,4-5,9,16H,2-3,6-8H2/b10-9-. The van der Waals surface area contributed by atoms with Crippen LogP contribution in [0.3, 0.4) is 0 Å². The minimum atomic E-state index is 0.628. The van der Waals surface area contributed by atoms with Gasteiger partial charge in [-0.2, -0.15) is 0 Å². The zero-order chi connectivity index (χ0) is 11.4. The first-order chi connectivity index (χ1) is 7.77. The van der Waals surface area contributed by atoms with E-state index in [0.29, 0.717) is 10.0 Å². The summed E-state index contributed by atoms with van der Waals surface area (Å²) < 4.78 is 0.